The number of anilines is 1. The minimum Gasteiger partial charge on any atom is -0.490 e. The molecule has 0 amide bonds. The summed E-state index contributed by atoms with van der Waals surface area (Å²) in [4.78, 5) is 12.9. The number of hydrogen-bond donors (Lipinski definition) is 1. The Balaban J connectivity index is 2.11. The van der Waals surface area contributed by atoms with Crippen LogP contribution < -0.4 is 9.64 Å². The van der Waals surface area contributed by atoms with Crippen LogP contribution in [0.4, 0.5) is 11.4 Å². The maximum Gasteiger partial charge on any atom is 0.333 e. The lowest BCUT2D eigenvalue weighted by molar-refractivity contribution is -0.385. The number of piperidine rings is 1. The summed E-state index contributed by atoms with van der Waals surface area (Å²) in [6.07, 6.45) is 1.68. The summed E-state index contributed by atoms with van der Waals surface area (Å²) in [6, 6.07) is 5.10. The van der Waals surface area contributed by atoms with Crippen LogP contribution in [0.15, 0.2) is 18.2 Å². The first-order chi connectivity index (χ1) is 10.2. The van der Waals surface area contributed by atoms with E-state index in [0.29, 0.717) is 25.4 Å². The summed E-state index contributed by atoms with van der Waals surface area (Å²) in [5.74, 6) is 0.274. The topological polar surface area (TPSA) is 85.1 Å². The van der Waals surface area contributed by atoms with Gasteiger partial charge in [-0.25, -0.2) is 0 Å². The highest BCUT2D eigenvalue weighted by Crippen LogP contribution is 2.38. The summed E-state index contributed by atoms with van der Waals surface area (Å²) < 4.78 is 10.6. The van der Waals surface area contributed by atoms with Gasteiger partial charge in [0.25, 0.3) is 0 Å². The van der Waals surface area contributed by atoms with E-state index in [-0.39, 0.29) is 24.1 Å². The average Bonchev–Trinajstić information content (AvgIpc) is 2.52. The van der Waals surface area contributed by atoms with Gasteiger partial charge in [-0.15, -0.1) is 0 Å². The Hall–Kier alpha value is -1.86. The fraction of sp³-hybridized carbons (Fsp3) is 0.571. The van der Waals surface area contributed by atoms with E-state index in [2.05, 4.69) is 0 Å². The molecular formula is C14H20N2O5. The van der Waals surface area contributed by atoms with Crippen molar-refractivity contribution < 1.29 is 19.5 Å². The molecule has 1 aliphatic heterocycles. The molecule has 1 N–H and O–H groups in total. The molecule has 2 rings (SSSR count). The number of aliphatic hydroxyl groups excluding tert-OH is 1. The maximum atomic E-state index is 11.3. The molecule has 0 saturated carbocycles. The molecule has 0 aromatic heterocycles. The van der Waals surface area contributed by atoms with Gasteiger partial charge in [0.15, 0.2) is 5.75 Å². The number of nitro groups is 1. The Labute approximate surface area is 123 Å². The van der Waals surface area contributed by atoms with Crippen LogP contribution in [0.1, 0.15) is 12.8 Å². The zero-order valence-electron chi connectivity index (χ0n) is 12.0. The van der Waals surface area contributed by atoms with Crippen molar-refractivity contribution in [2.45, 2.75) is 18.9 Å². The molecule has 0 spiro atoms. The van der Waals surface area contributed by atoms with E-state index >= 15 is 0 Å². The van der Waals surface area contributed by atoms with E-state index in [1.165, 1.54) is 7.11 Å². The van der Waals surface area contributed by atoms with Crippen LogP contribution in [0.2, 0.25) is 0 Å². The van der Waals surface area contributed by atoms with Gasteiger partial charge in [-0.1, -0.05) is 6.07 Å². The molecule has 0 bridgehead atoms. The second-order valence-corrected chi connectivity index (χ2v) is 4.87. The van der Waals surface area contributed by atoms with Gasteiger partial charge >= 0.3 is 5.69 Å². The van der Waals surface area contributed by atoms with E-state index in [1.807, 2.05) is 4.90 Å². The van der Waals surface area contributed by atoms with Crippen molar-refractivity contribution in [3.05, 3.63) is 28.3 Å². The van der Waals surface area contributed by atoms with Crippen molar-refractivity contribution in [3.63, 3.8) is 0 Å². The van der Waals surface area contributed by atoms with Crippen molar-refractivity contribution in [2.24, 2.45) is 0 Å². The first kappa shape index (κ1) is 15.5. The molecule has 7 nitrogen and oxygen atoms in total. The maximum absolute atomic E-state index is 11.3. The van der Waals surface area contributed by atoms with Crippen LogP contribution in [0.5, 0.6) is 5.75 Å². The number of para-hydroxylation sites is 1. The molecule has 21 heavy (non-hydrogen) atoms. The number of nitro benzene ring substituents is 1. The first-order valence-electron chi connectivity index (χ1n) is 6.96. The Morgan fingerprint density at radius 1 is 1.43 bits per heavy atom. The third-order valence-corrected chi connectivity index (χ3v) is 3.61. The number of nitrogens with zero attached hydrogens (tertiary/aromatic N) is 2. The molecule has 0 radical (unpaired) electrons. The second kappa shape index (κ2) is 7.24. The predicted molar refractivity (Wildman–Crippen MR) is 77.9 cm³/mol. The lowest BCUT2D eigenvalue weighted by atomic mass is 10.1. The normalized spacial score (nSPS) is 16.0. The summed E-state index contributed by atoms with van der Waals surface area (Å²) in [5, 5.41) is 20.1. The molecule has 1 heterocycles. The quantitative estimate of drug-likeness (QED) is 0.633. The van der Waals surface area contributed by atoms with E-state index in [0.717, 1.165) is 12.8 Å². The van der Waals surface area contributed by atoms with Crippen LogP contribution in [0.3, 0.4) is 0 Å². The zero-order valence-corrected chi connectivity index (χ0v) is 12.0. The van der Waals surface area contributed by atoms with E-state index < -0.39 is 4.92 Å². The molecule has 1 aromatic rings. The van der Waals surface area contributed by atoms with Crippen LogP contribution in [-0.2, 0) is 4.74 Å². The largest absolute Gasteiger partial charge is 0.490 e. The van der Waals surface area contributed by atoms with Crippen molar-refractivity contribution in [1.29, 1.82) is 0 Å². The van der Waals surface area contributed by atoms with E-state index in [1.54, 1.807) is 18.2 Å². The molecule has 7 heteroatoms. The molecular weight excluding hydrogens is 276 g/mol. The summed E-state index contributed by atoms with van der Waals surface area (Å²) >= 11 is 0. The highest BCUT2D eigenvalue weighted by molar-refractivity contribution is 5.69. The van der Waals surface area contributed by atoms with Crippen LogP contribution >= 0.6 is 0 Å². The molecule has 1 aromatic carbocycles. The Morgan fingerprint density at radius 2 is 2.14 bits per heavy atom. The monoisotopic (exact) mass is 296 g/mol. The summed E-state index contributed by atoms with van der Waals surface area (Å²) in [5.41, 5.74) is 0.592. The fourth-order valence-corrected chi connectivity index (χ4v) is 2.60. The predicted octanol–water partition coefficient (Wildman–Crippen LogP) is 1.58. The number of ether oxygens (including phenoxy) is 2. The number of aliphatic hydroxyl groups is 1. The lowest BCUT2D eigenvalue weighted by Crippen LogP contribution is -2.37. The van der Waals surface area contributed by atoms with Gasteiger partial charge in [-0.05, 0) is 25.0 Å². The summed E-state index contributed by atoms with van der Waals surface area (Å²) in [6.45, 7) is 1.72. The molecule has 1 fully saturated rings. The SMILES string of the molecule is COc1cccc(N2CCC(OCCO)CC2)c1[N+](=O)[O-]. The highest BCUT2D eigenvalue weighted by Gasteiger charge is 2.27. The smallest absolute Gasteiger partial charge is 0.333 e. The van der Waals surface area contributed by atoms with Gasteiger partial charge in [0, 0.05) is 13.1 Å². The molecule has 0 unspecified atom stereocenters. The van der Waals surface area contributed by atoms with Crippen molar-refractivity contribution in [2.75, 3.05) is 38.3 Å². The Bertz CT molecular complexity index is 486. The average molecular weight is 296 g/mol. The number of rotatable bonds is 6. The molecule has 1 aliphatic rings. The van der Waals surface area contributed by atoms with Gasteiger partial charge in [-0.3, -0.25) is 10.1 Å². The number of hydrogen-bond acceptors (Lipinski definition) is 6. The van der Waals surface area contributed by atoms with Crippen LogP contribution in [-0.4, -0.2) is 49.5 Å². The Kier molecular flexibility index (Phi) is 5.35. The molecule has 116 valence electrons. The fourth-order valence-electron chi connectivity index (χ4n) is 2.60. The van der Waals surface area contributed by atoms with E-state index in [9.17, 15) is 10.1 Å². The molecule has 0 atom stereocenters. The number of methoxy groups -OCH3 is 1. The second-order valence-electron chi connectivity index (χ2n) is 4.87. The third-order valence-electron chi connectivity index (χ3n) is 3.61. The zero-order chi connectivity index (χ0) is 15.2. The van der Waals surface area contributed by atoms with Gasteiger partial charge in [-0.2, -0.15) is 0 Å². The van der Waals surface area contributed by atoms with Gasteiger partial charge in [0.1, 0.15) is 5.69 Å². The van der Waals surface area contributed by atoms with Crippen LogP contribution in [0.25, 0.3) is 0 Å². The standard InChI is InChI=1S/C14H20N2O5/c1-20-13-4-2-3-12(14(13)16(18)19)15-7-5-11(6-8-15)21-10-9-17/h2-4,11,17H,5-10H2,1H3. The summed E-state index contributed by atoms with van der Waals surface area (Å²) in [7, 11) is 1.43. The minimum atomic E-state index is -0.400. The minimum absolute atomic E-state index is 0.00901. The van der Waals surface area contributed by atoms with Gasteiger partial charge < -0.3 is 19.5 Å². The molecule has 1 saturated heterocycles. The van der Waals surface area contributed by atoms with Gasteiger partial charge in [0.05, 0.1) is 31.4 Å². The number of benzene rings is 1. The Morgan fingerprint density at radius 3 is 2.71 bits per heavy atom. The van der Waals surface area contributed by atoms with Gasteiger partial charge in [0.2, 0.25) is 0 Å². The third kappa shape index (κ3) is 3.62. The molecule has 0 aliphatic carbocycles. The van der Waals surface area contributed by atoms with Crippen molar-refractivity contribution in [3.8, 4) is 5.75 Å². The highest BCUT2D eigenvalue weighted by atomic mass is 16.6. The van der Waals surface area contributed by atoms with Crippen LogP contribution in [0, 0.1) is 10.1 Å². The van der Waals surface area contributed by atoms with E-state index in [4.69, 9.17) is 14.6 Å². The first-order valence-corrected chi connectivity index (χ1v) is 6.96. The van der Waals surface area contributed by atoms with Crippen molar-refractivity contribution in [1.82, 2.24) is 0 Å². The van der Waals surface area contributed by atoms with Crippen molar-refractivity contribution >= 4 is 11.4 Å². The lowest BCUT2D eigenvalue weighted by Gasteiger charge is -2.33.